The zero-order valence-corrected chi connectivity index (χ0v) is 13.8. The summed E-state index contributed by atoms with van der Waals surface area (Å²) >= 11 is 0. The number of hydrogen-bond acceptors (Lipinski definition) is 1. The van der Waals surface area contributed by atoms with Gasteiger partial charge in [0.1, 0.15) is 0 Å². The molecule has 0 aromatic carbocycles. The number of hydrogen-bond donors (Lipinski definition) is 0. The van der Waals surface area contributed by atoms with E-state index in [1.54, 1.807) is 0 Å². The van der Waals surface area contributed by atoms with E-state index in [4.69, 9.17) is 0 Å². The lowest BCUT2D eigenvalue weighted by Gasteiger charge is -2.44. The Morgan fingerprint density at radius 3 is 1.95 bits per heavy atom. The molecule has 0 bridgehead atoms. The van der Waals surface area contributed by atoms with Crippen LogP contribution in [0, 0.1) is 0 Å². The number of likely N-dealkylation sites (tertiary alicyclic amines) is 1. The van der Waals surface area contributed by atoms with E-state index in [0.29, 0.717) is 5.54 Å². The molecule has 1 saturated heterocycles. The maximum absolute atomic E-state index is 2.83. The molecule has 0 saturated carbocycles. The second-order valence-corrected chi connectivity index (χ2v) is 6.81. The quantitative estimate of drug-likeness (QED) is 0.453. The summed E-state index contributed by atoms with van der Waals surface area (Å²) in [7, 11) is 0. The Kier molecular flexibility index (Phi) is 8.77. The van der Waals surface area contributed by atoms with Crippen LogP contribution in [-0.2, 0) is 0 Å². The van der Waals surface area contributed by atoms with Crippen molar-refractivity contribution in [2.45, 2.75) is 103 Å². The molecule has 0 aromatic heterocycles. The Labute approximate surface area is 122 Å². The number of nitrogens with zero attached hydrogens (tertiary/aromatic N) is 1. The minimum absolute atomic E-state index is 0.503. The summed E-state index contributed by atoms with van der Waals surface area (Å²) in [5.74, 6) is 0. The van der Waals surface area contributed by atoms with E-state index < -0.39 is 0 Å². The van der Waals surface area contributed by atoms with Crippen LogP contribution in [0.4, 0.5) is 0 Å². The first-order valence-electron chi connectivity index (χ1n) is 8.98. The Balaban J connectivity index is 2.39. The predicted octanol–water partition coefficient (Wildman–Crippen LogP) is 5.78. The van der Waals surface area contributed by atoms with Crippen molar-refractivity contribution >= 4 is 0 Å². The molecule has 0 radical (unpaired) electrons. The van der Waals surface area contributed by atoms with Crippen LogP contribution in [0.1, 0.15) is 97.8 Å². The molecular weight excluding hydrogens is 230 g/mol. The molecule has 0 amide bonds. The van der Waals surface area contributed by atoms with E-state index in [2.05, 4.69) is 25.7 Å². The van der Waals surface area contributed by atoms with Crippen LogP contribution in [0.3, 0.4) is 0 Å². The Morgan fingerprint density at radius 1 is 0.737 bits per heavy atom. The van der Waals surface area contributed by atoms with E-state index in [1.165, 1.54) is 90.1 Å². The lowest BCUT2D eigenvalue weighted by molar-refractivity contribution is 0.0611. The largest absolute Gasteiger partial charge is 0.298 e. The summed E-state index contributed by atoms with van der Waals surface area (Å²) in [5.41, 5.74) is 0.503. The summed E-state index contributed by atoms with van der Waals surface area (Å²) < 4.78 is 0. The molecule has 1 aliphatic rings. The summed E-state index contributed by atoms with van der Waals surface area (Å²) in [6, 6.07) is 0. The van der Waals surface area contributed by atoms with E-state index in [1.807, 2.05) is 0 Å². The minimum atomic E-state index is 0.503. The van der Waals surface area contributed by atoms with Crippen molar-refractivity contribution in [3.05, 3.63) is 0 Å². The smallest absolute Gasteiger partial charge is 0.0181 e. The van der Waals surface area contributed by atoms with E-state index >= 15 is 0 Å². The highest BCUT2D eigenvalue weighted by molar-refractivity contribution is 4.87. The van der Waals surface area contributed by atoms with Crippen LogP contribution in [0.15, 0.2) is 0 Å². The maximum Gasteiger partial charge on any atom is 0.0181 e. The average Bonchev–Trinajstić information content (AvgIpc) is 2.46. The lowest BCUT2D eigenvalue weighted by atomic mass is 9.85. The number of unbranched alkanes of at least 4 members (excludes halogenated alkanes) is 5. The van der Waals surface area contributed by atoms with Crippen molar-refractivity contribution in [2.24, 2.45) is 0 Å². The van der Waals surface area contributed by atoms with Gasteiger partial charge in [0.15, 0.2) is 0 Å². The van der Waals surface area contributed by atoms with Crippen molar-refractivity contribution in [1.82, 2.24) is 4.90 Å². The fourth-order valence-corrected chi connectivity index (χ4v) is 3.54. The van der Waals surface area contributed by atoms with Crippen molar-refractivity contribution in [3.8, 4) is 0 Å². The van der Waals surface area contributed by atoms with Gasteiger partial charge in [0.25, 0.3) is 0 Å². The van der Waals surface area contributed by atoms with Gasteiger partial charge in [0.05, 0.1) is 0 Å². The Morgan fingerprint density at radius 2 is 1.32 bits per heavy atom. The van der Waals surface area contributed by atoms with Crippen molar-refractivity contribution in [1.29, 1.82) is 0 Å². The Bertz CT molecular complexity index is 208. The molecule has 0 N–H and O–H groups in total. The van der Waals surface area contributed by atoms with Crippen molar-refractivity contribution < 1.29 is 0 Å². The third-order valence-electron chi connectivity index (χ3n) is 5.01. The molecule has 1 rings (SSSR count). The van der Waals surface area contributed by atoms with Gasteiger partial charge in [-0.1, -0.05) is 65.2 Å². The predicted molar refractivity (Wildman–Crippen MR) is 86.7 cm³/mol. The second-order valence-electron chi connectivity index (χ2n) is 6.81. The molecule has 0 spiro atoms. The maximum atomic E-state index is 2.83. The first-order chi connectivity index (χ1) is 9.23. The van der Waals surface area contributed by atoms with Gasteiger partial charge in [-0.05, 0) is 45.7 Å². The molecule has 1 atom stereocenters. The first-order valence-corrected chi connectivity index (χ1v) is 8.98. The second kappa shape index (κ2) is 9.80. The molecule has 19 heavy (non-hydrogen) atoms. The zero-order valence-electron chi connectivity index (χ0n) is 13.8. The normalized spacial score (nSPS) is 20.4. The van der Waals surface area contributed by atoms with Crippen LogP contribution in [0.5, 0.6) is 0 Å². The first kappa shape index (κ1) is 17.0. The number of piperidine rings is 1. The topological polar surface area (TPSA) is 3.24 Å². The van der Waals surface area contributed by atoms with Gasteiger partial charge in [-0.2, -0.15) is 0 Å². The van der Waals surface area contributed by atoms with Gasteiger partial charge in [0.2, 0.25) is 0 Å². The van der Waals surface area contributed by atoms with Crippen LogP contribution in [0.2, 0.25) is 0 Å². The number of rotatable bonds is 10. The molecule has 1 heterocycles. The van der Waals surface area contributed by atoms with E-state index in [-0.39, 0.29) is 0 Å². The zero-order chi connectivity index (χ0) is 14.0. The highest BCUT2D eigenvalue weighted by Crippen LogP contribution is 2.31. The van der Waals surface area contributed by atoms with Gasteiger partial charge in [-0.25, -0.2) is 0 Å². The summed E-state index contributed by atoms with van der Waals surface area (Å²) in [5, 5.41) is 0. The van der Waals surface area contributed by atoms with Crippen molar-refractivity contribution in [3.63, 3.8) is 0 Å². The molecule has 1 nitrogen and oxygen atoms in total. The molecule has 1 aliphatic heterocycles. The van der Waals surface area contributed by atoms with Crippen LogP contribution in [0.25, 0.3) is 0 Å². The van der Waals surface area contributed by atoms with Gasteiger partial charge < -0.3 is 0 Å². The third kappa shape index (κ3) is 6.29. The van der Waals surface area contributed by atoms with Gasteiger partial charge >= 0.3 is 0 Å². The van der Waals surface area contributed by atoms with E-state index in [9.17, 15) is 0 Å². The standard InChI is InChI=1S/C18H37N/c1-4-6-8-9-11-15-18(3,14-7-5-2)19-16-12-10-13-17-19/h4-17H2,1-3H3. The fourth-order valence-electron chi connectivity index (χ4n) is 3.54. The SMILES string of the molecule is CCCCCCCC(C)(CCCC)N1CCCCC1. The monoisotopic (exact) mass is 267 g/mol. The molecular formula is C18H37N. The highest BCUT2D eigenvalue weighted by atomic mass is 15.2. The van der Waals surface area contributed by atoms with E-state index in [0.717, 1.165) is 0 Å². The fraction of sp³-hybridized carbons (Fsp3) is 1.00. The molecule has 1 unspecified atom stereocenters. The van der Waals surface area contributed by atoms with Crippen LogP contribution < -0.4 is 0 Å². The summed E-state index contributed by atoms with van der Waals surface area (Å²) in [6.07, 6.45) is 17.0. The summed E-state index contributed by atoms with van der Waals surface area (Å²) in [4.78, 5) is 2.83. The van der Waals surface area contributed by atoms with Gasteiger partial charge in [0, 0.05) is 5.54 Å². The molecule has 1 fully saturated rings. The molecule has 114 valence electrons. The van der Waals surface area contributed by atoms with Crippen LogP contribution in [-0.4, -0.2) is 23.5 Å². The highest BCUT2D eigenvalue weighted by Gasteiger charge is 2.31. The minimum Gasteiger partial charge on any atom is -0.298 e. The van der Waals surface area contributed by atoms with Crippen molar-refractivity contribution in [2.75, 3.05) is 13.1 Å². The molecule has 0 aromatic rings. The van der Waals surface area contributed by atoms with Crippen LogP contribution >= 0.6 is 0 Å². The van der Waals surface area contributed by atoms with Gasteiger partial charge in [-0.3, -0.25) is 4.90 Å². The summed E-state index contributed by atoms with van der Waals surface area (Å²) in [6.45, 7) is 9.90. The molecule has 0 aliphatic carbocycles. The van der Waals surface area contributed by atoms with Gasteiger partial charge in [-0.15, -0.1) is 0 Å². The Hall–Kier alpha value is -0.0400. The average molecular weight is 268 g/mol. The third-order valence-corrected chi connectivity index (χ3v) is 5.01. The lowest BCUT2D eigenvalue weighted by Crippen LogP contribution is -2.48. The molecule has 1 heteroatoms.